The van der Waals surface area contributed by atoms with E-state index in [9.17, 15) is 0 Å². The second-order valence-electron chi connectivity index (χ2n) is 3.39. The number of hydrogen-bond acceptors (Lipinski definition) is 4. The van der Waals surface area contributed by atoms with Crippen LogP contribution in [-0.4, -0.2) is 20.7 Å². The van der Waals surface area contributed by atoms with Crippen LogP contribution < -0.4 is 4.74 Å². The molecule has 2 aromatic heterocycles. The molecule has 5 heteroatoms. The second-order valence-corrected chi connectivity index (χ2v) is 3.39. The molecule has 2 aromatic rings. The van der Waals surface area contributed by atoms with Crippen LogP contribution in [0.4, 0.5) is 0 Å². The van der Waals surface area contributed by atoms with Crippen LogP contribution >= 0.6 is 0 Å². The van der Waals surface area contributed by atoms with Gasteiger partial charge in [-0.3, -0.25) is 10.4 Å². The molecule has 2 heterocycles. The van der Waals surface area contributed by atoms with Crippen molar-refractivity contribution < 1.29 is 4.74 Å². The van der Waals surface area contributed by atoms with Gasteiger partial charge in [-0.2, -0.15) is 5.10 Å². The molecule has 5 nitrogen and oxygen atoms in total. The summed E-state index contributed by atoms with van der Waals surface area (Å²) in [7, 11) is 0. The van der Waals surface area contributed by atoms with Gasteiger partial charge in [-0.05, 0) is 19.1 Å². The molecule has 0 fully saturated rings. The molecule has 0 aliphatic rings. The van der Waals surface area contributed by atoms with Gasteiger partial charge in [0.15, 0.2) is 11.6 Å². The molecule has 0 aromatic carbocycles. The number of nitrogens with zero attached hydrogens (tertiary/aromatic N) is 3. The van der Waals surface area contributed by atoms with Gasteiger partial charge in [0.1, 0.15) is 5.69 Å². The van der Waals surface area contributed by atoms with Crippen molar-refractivity contribution in [3.8, 4) is 11.4 Å². The second kappa shape index (κ2) is 4.14. The third-order valence-corrected chi connectivity index (χ3v) is 2.03. The lowest BCUT2D eigenvalue weighted by atomic mass is 10.4. The lowest BCUT2D eigenvalue weighted by Crippen LogP contribution is -2.00. The van der Waals surface area contributed by atoms with Crippen molar-refractivity contribution in [2.45, 2.75) is 13.8 Å². The van der Waals surface area contributed by atoms with Gasteiger partial charge < -0.3 is 4.74 Å². The Kier molecular flexibility index (Phi) is 2.68. The summed E-state index contributed by atoms with van der Waals surface area (Å²) in [5.41, 5.74) is 1.61. The van der Waals surface area contributed by atoms with Crippen LogP contribution in [-0.2, 0) is 0 Å². The maximum absolute atomic E-state index is 7.27. The normalized spacial score (nSPS) is 10.1. The largest absolute Gasteiger partial charge is 0.440 e. The first-order chi connectivity index (χ1) is 7.66. The van der Waals surface area contributed by atoms with E-state index in [4.69, 9.17) is 10.1 Å². The van der Waals surface area contributed by atoms with Crippen LogP contribution in [0.2, 0.25) is 0 Å². The molecule has 2 rings (SSSR count). The van der Waals surface area contributed by atoms with Crippen molar-refractivity contribution in [1.82, 2.24) is 14.8 Å². The van der Waals surface area contributed by atoms with Gasteiger partial charge in [0.2, 0.25) is 0 Å². The van der Waals surface area contributed by atoms with Crippen LogP contribution in [0.3, 0.4) is 0 Å². The highest BCUT2D eigenvalue weighted by Crippen LogP contribution is 2.18. The number of pyridine rings is 1. The molecule has 16 heavy (non-hydrogen) atoms. The molecule has 0 amide bonds. The maximum atomic E-state index is 7.27. The number of nitrogens with one attached hydrogen (secondary N) is 1. The molecule has 0 aliphatic carbocycles. The van der Waals surface area contributed by atoms with Crippen molar-refractivity contribution in [2.24, 2.45) is 0 Å². The quantitative estimate of drug-likeness (QED) is 0.616. The lowest BCUT2D eigenvalue weighted by Gasteiger charge is -1.99. The highest BCUT2D eigenvalue weighted by atomic mass is 16.5. The Balaban J connectivity index is 2.34. The first kappa shape index (κ1) is 10.4. The van der Waals surface area contributed by atoms with Crippen molar-refractivity contribution in [1.29, 1.82) is 5.41 Å². The summed E-state index contributed by atoms with van der Waals surface area (Å²) < 4.78 is 6.91. The Morgan fingerprint density at radius 3 is 2.94 bits per heavy atom. The standard InChI is InChI=1S/C11H12N4O/c1-8-11(16-9(2)12)7-15(14-8)10-4-3-5-13-6-10/h3-7,12H,1-2H3. The average molecular weight is 216 g/mol. The van der Waals surface area contributed by atoms with Crippen molar-refractivity contribution >= 4 is 5.90 Å². The third-order valence-electron chi connectivity index (χ3n) is 2.03. The van der Waals surface area contributed by atoms with E-state index < -0.39 is 0 Å². The fourth-order valence-electron chi connectivity index (χ4n) is 1.33. The molecule has 82 valence electrons. The maximum Gasteiger partial charge on any atom is 0.184 e. The van der Waals surface area contributed by atoms with Crippen molar-refractivity contribution in [2.75, 3.05) is 0 Å². The van der Waals surface area contributed by atoms with Gasteiger partial charge in [-0.1, -0.05) is 0 Å². The molecule has 0 aliphatic heterocycles. The zero-order valence-corrected chi connectivity index (χ0v) is 9.14. The van der Waals surface area contributed by atoms with E-state index in [1.54, 1.807) is 30.2 Å². The fourth-order valence-corrected chi connectivity index (χ4v) is 1.33. The van der Waals surface area contributed by atoms with E-state index in [1.165, 1.54) is 0 Å². The highest BCUT2D eigenvalue weighted by molar-refractivity contribution is 5.72. The number of rotatable bonds is 2. The zero-order valence-electron chi connectivity index (χ0n) is 9.14. The van der Waals surface area contributed by atoms with E-state index in [-0.39, 0.29) is 5.90 Å². The first-order valence-electron chi connectivity index (χ1n) is 4.86. The number of ether oxygens (including phenoxy) is 1. The van der Waals surface area contributed by atoms with Gasteiger partial charge >= 0.3 is 0 Å². The lowest BCUT2D eigenvalue weighted by molar-refractivity contribution is 0.537. The molecular weight excluding hydrogens is 204 g/mol. The van der Waals surface area contributed by atoms with E-state index in [0.717, 1.165) is 11.4 Å². The summed E-state index contributed by atoms with van der Waals surface area (Å²) in [5.74, 6) is 0.741. The van der Waals surface area contributed by atoms with E-state index in [1.807, 2.05) is 19.1 Å². The smallest absolute Gasteiger partial charge is 0.184 e. The predicted molar refractivity (Wildman–Crippen MR) is 60.1 cm³/mol. The van der Waals surface area contributed by atoms with Crippen LogP contribution in [0.1, 0.15) is 12.6 Å². The SMILES string of the molecule is CC(=N)Oc1cn(-c2cccnc2)nc1C. The predicted octanol–water partition coefficient (Wildman–Crippen LogP) is 1.95. The topological polar surface area (TPSA) is 63.8 Å². The van der Waals surface area contributed by atoms with Crippen LogP contribution in [0.5, 0.6) is 5.75 Å². The molecule has 0 unspecified atom stereocenters. The van der Waals surface area contributed by atoms with Gasteiger partial charge in [0, 0.05) is 13.1 Å². The molecule has 0 saturated heterocycles. The van der Waals surface area contributed by atoms with Gasteiger partial charge in [-0.15, -0.1) is 0 Å². The van der Waals surface area contributed by atoms with Crippen molar-refractivity contribution in [3.05, 3.63) is 36.4 Å². The zero-order chi connectivity index (χ0) is 11.5. The van der Waals surface area contributed by atoms with E-state index in [0.29, 0.717) is 5.75 Å². The number of hydrogen-bond donors (Lipinski definition) is 1. The molecule has 1 N–H and O–H groups in total. The van der Waals surface area contributed by atoms with Crippen molar-refractivity contribution in [3.63, 3.8) is 0 Å². The van der Waals surface area contributed by atoms with Gasteiger partial charge in [0.25, 0.3) is 0 Å². The summed E-state index contributed by atoms with van der Waals surface area (Å²) in [6, 6.07) is 3.75. The molecule has 0 radical (unpaired) electrons. The Bertz CT molecular complexity index is 504. The third kappa shape index (κ3) is 2.08. The van der Waals surface area contributed by atoms with E-state index in [2.05, 4.69) is 10.1 Å². The summed E-state index contributed by atoms with van der Waals surface area (Å²) >= 11 is 0. The fraction of sp³-hybridized carbons (Fsp3) is 0.182. The first-order valence-corrected chi connectivity index (χ1v) is 4.86. The minimum Gasteiger partial charge on any atom is -0.440 e. The molecular formula is C11H12N4O. The highest BCUT2D eigenvalue weighted by Gasteiger charge is 2.08. The summed E-state index contributed by atoms with van der Waals surface area (Å²) in [4.78, 5) is 4.02. The number of aryl methyl sites for hydroxylation is 1. The Morgan fingerprint density at radius 2 is 2.31 bits per heavy atom. The summed E-state index contributed by atoms with van der Waals surface area (Å²) in [5, 5.41) is 11.6. The minimum atomic E-state index is 0.147. The Labute approximate surface area is 93.2 Å². The molecule has 0 spiro atoms. The molecule has 0 atom stereocenters. The Hall–Kier alpha value is -2.17. The van der Waals surface area contributed by atoms with Gasteiger partial charge in [-0.25, -0.2) is 4.68 Å². The molecule has 0 saturated carbocycles. The van der Waals surface area contributed by atoms with Gasteiger partial charge in [0.05, 0.1) is 18.1 Å². The molecule has 0 bridgehead atoms. The summed E-state index contributed by atoms with van der Waals surface area (Å²) in [6.45, 7) is 3.42. The number of aromatic nitrogens is 3. The van der Waals surface area contributed by atoms with Crippen LogP contribution in [0, 0.1) is 12.3 Å². The van der Waals surface area contributed by atoms with Crippen LogP contribution in [0.15, 0.2) is 30.7 Å². The summed E-state index contributed by atoms with van der Waals surface area (Å²) in [6.07, 6.45) is 5.16. The van der Waals surface area contributed by atoms with Crippen LogP contribution in [0.25, 0.3) is 5.69 Å². The average Bonchev–Trinajstić information content (AvgIpc) is 2.61. The minimum absolute atomic E-state index is 0.147. The Morgan fingerprint density at radius 1 is 1.50 bits per heavy atom. The monoisotopic (exact) mass is 216 g/mol. The van der Waals surface area contributed by atoms with E-state index >= 15 is 0 Å².